The van der Waals surface area contributed by atoms with Gasteiger partial charge in [-0.1, -0.05) is 6.92 Å². The van der Waals surface area contributed by atoms with E-state index in [2.05, 4.69) is 32.1 Å². The quantitative estimate of drug-likeness (QED) is 0.181. The first-order chi connectivity index (χ1) is 14.0. The van der Waals surface area contributed by atoms with Crippen molar-refractivity contribution in [3.05, 3.63) is 0 Å². The van der Waals surface area contributed by atoms with E-state index in [1.54, 1.807) is 0 Å². The Morgan fingerprint density at radius 2 is 2.03 bits per heavy atom. The molecule has 2 aliphatic heterocycles. The number of carbonyl (C=O) groups is 3. The van der Waals surface area contributed by atoms with Crippen LogP contribution in [-0.2, 0) is 19.2 Å². The minimum Gasteiger partial charge on any atom is -0.480 e. The molecule has 0 bridgehead atoms. The van der Waals surface area contributed by atoms with Crippen LogP contribution < -0.4 is 32.1 Å². The lowest BCUT2D eigenvalue weighted by Gasteiger charge is -2.16. The van der Waals surface area contributed by atoms with Crippen LogP contribution >= 0.6 is 0 Å². The Kier molecular flexibility index (Phi) is 10.1. The largest absolute Gasteiger partial charge is 0.480 e. The minimum absolute atomic E-state index is 0.0885. The number of hydrogen-bond acceptors (Lipinski definition) is 9. The second-order valence-corrected chi connectivity index (χ2v) is 7.00. The molecule has 0 aromatic heterocycles. The van der Waals surface area contributed by atoms with Gasteiger partial charge in [-0.2, -0.15) is 5.48 Å². The van der Waals surface area contributed by atoms with Crippen molar-refractivity contribution in [3.63, 3.8) is 0 Å². The molecule has 12 heteroatoms. The van der Waals surface area contributed by atoms with E-state index in [1.165, 1.54) is 0 Å². The number of carboxylic acid groups (broad SMARTS) is 1. The van der Waals surface area contributed by atoms with Crippen molar-refractivity contribution < 1.29 is 29.1 Å². The number of aliphatic carboxylic acids is 1. The van der Waals surface area contributed by atoms with Crippen LogP contribution in [0.15, 0.2) is 0 Å². The summed E-state index contributed by atoms with van der Waals surface area (Å²) >= 11 is 0. The highest BCUT2D eigenvalue weighted by atomic mass is 16.7. The van der Waals surface area contributed by atoms with E-state index in [9.17, 15) is 19.5 Å². The van der Waals surface area contributed by atoms with Crippen LogP contribution in [0.4, 0.5) is 4.79 Å². The zero-order chi connectivity index (χ0) is 21.1. The molecule has 12 nitrogen and oxygen atoms in total. The molecule has 0 radical (unpaired) electrons. The summed E-state index contributed by atoms with van der Waals surface area (Å²) in [5, 5.41) is 23.8. The van der Waals surface area contributed by atoms with E-state index in [-0.39, 0.29) is 31.5 Å². The third-order valence-corrected chi connectivity index (χ3v) is 4.57. The SMILES string of the molecule is CCCOC(=O)NC(CNC(=O)C1CC(CCCNC2NCCN2)ON1)C(=O)O. The molecule has 2 aliphatic rings. The Morgan fingerprint density at radius 1 is 1.28 bits per heavy atom. The minimum atomic E-state index is -1.27. The van der Waals surface area contributed by atoms with Gasteiger partial charge in [-0.15, -0.1) is 0 Å². The topological polar surface area (TPSA) is 162 Å². The third kappa shape index (κ3) is 8.50. The lowest BCUT2D eigenvalue weighted by Crippen LogP contribution is -2.51. The number of rotatable bonds is 12. The summed E-state index contributed by atoms with van der Waals surface area (Å²) < 4.78 is 4.80. The maximum absolute atomic E-state index is 12.3. The molecule has 29 heavy (non-hydrogen) atoms. The van der Waals surface area contributed by atoms with Gasteiger partial charge in [-0.3, -0.25) is 25.6 Å². The highest BCUT2D eigenvalue weighted by Gasteiger charge is 2.31. The zero-order valence-corrected chi connectivity index (χ0v) is 16.7. The molecule has 166 valence electrons. The molecule has 2 rings (SSSR count). The summed E-state index contributed by atoms with van der Waals surface area (Å²) in [6.45, 7) is 4.49. The van der Waals surface area contributed by atoms with Crippen LogP contribution in [0.5, 0.6) is 0 Å². The molecule has 2 fully saturated rings. The van der Waals surface area contributed by atoms with Gasteiger partial charge in [0.25, 0.3) is 0 Å². The number of carboxylic acids is 1. The van der Waals surface area contributed by atoms with E-state index < -0.39 is 24.1 Å². The van der Waals surface area contributed by atoms with Gasteiger partial charge in [-0.25, -0.2) is 9.59 Å². The van der Waals surface area contributed by atoms with E-state index in [4.69, 9.17) is 9.57 Å². The fourth-order valence-electron chi connectivity index (χ4n) is 3.01. The van der Waals surface area contributed by atoms with Crippen molar-refractivity contribution in [2.75, 3.05) is 32.8 Å². The highest BCUT2D eigenvalue weighted by molar-refractivity contribution is 5.84. The van der Waals surface area contributed by atoms with Crippen molar-refractivity contribution >= 4 is 18.0 Å². The molecule has 0 spiro atoms. The fraction of sp³-hybridized carbons (Fsp3) is 0.824. The van der Waals surface area contributed by atoms with E-state index in [1.807, 2.05) is 6.92 Å². The number of amides is 2. The second-order valence-electron chi connectivity index (χ2n) is 7.00. The zero-order valence-electron chi connectivity index (χ0n) is 16.7. The maximum atomic E-state index is 12.3. The summed E-state index contributed by atoms with van der Waals surface area (Å²) in [6.07, 6.45) is 2.04. The number of ether oxygens (including phenoxy) is 1. The number of nitrogens with one attached hydrogen (secondary N) is 6. The molecule has 0 aliphatic carbocycles. The number of hydrogen-bond donors (Lipinski definition) is 7. The fourth-order valence-corrected chi connectivity index (χ4v) is 3.01. The van der Waals surface area contributed by atoms with Crippen LogP contribution in [0.1, 0.15) is 32.6 Å². The van der Waals surface area contributed by atoms with Crippen molar-refractivity contribution in [2.45, 2.75) is 57.1 Å². The van der Waals surface area contributed by atoms with E-state index in [0.29, 0.717) is 12.8 Å². The highest BCUT2D eigenvalue weighted by Crippen LogP contribution is 2.15. The second kappa shape index (κ2) is 12.5. The average Bonchev–Trinajstić information content (AvgIpc) is 3.38. The van der Waals surface area contributed by atoms with Crippen molar-refractivity contribution in [2.24, 2.45) is 0 Å². The standard InChI is InChI=1S/C17H32N6O6/c1-2-8-28-17(27)22-13(15(25)26)10-21-14(24)12-9-11(29-23-12)4-3-5-18-16-19-6-7-20-16/h11-13,16,18-20,23H,2-10H2,1H3,(H,21,24)(H,22,27)(H,25,26). The predicted molar refractivity (Wildman–Crippen MR) is 103 cm³/mol. The van der Waals surface area contributed by atoms with Gasteiger partial charge in [0.1, 0.15) is 18.4 Å². The maximum Gasteiger partial charge on any atom is 0.407 e. The van der Waals surface area contributed by atoms with Crippen molar-refractivity contribution in [1.82, 2.24) is 32.1 Å². The Morgan fingerprint density at radius 3 is 2.72 bits per heavy atom. The van der Waals surface area contributed by atoms with Gasteiger partial charge in [0.2, 0.25) is 5.91 Å². The Bertz CT molecular complexity index is 545. The molecule has 0 aromatic carbocycles. The lowest BCUT2D eigenvalue weighted by atomic mass is 10.1. The molecule has 0 aromatic rings. The first kappa shape index (κ1) is 23.3. The number of alkyl carbamates (subject to hydrolysis) is 1. The van der Waals surface area contributed by atoms with Gasteiger partial charge < -0.3 is 20.5 Å². The first-order valence-corrected chi connectivity index (χ1v) is 10.0. The molecule has 3 atom stereocenters. The van der Waals surface area contributed by atoms with Crippen LogP contribution in [0.3, 0.4) is 0 Å². The summed E-state index contributed by atoms with van der Waals surface area (Å²) in [6, 6.07) is -1.84. The molecule has 2 heterocycles. The predicted octanol–water partition coefficient (Wildman–Crippen LogP) is -1.80. The molecule has 3 unspecified atom stereocenters. The Labute approximate surface area is 169 Å². The summed E-state index contributed by atoms with van der Waals surface area (Å²) in [5.41, 5.74) is 2.69. The van der Waals surface area contributed by atoms with Crippen LogP contribution in [-0.4, -0.2) is 80.3 Å². The number of hydroxylamine groups is 1. The molecule has 2 amide bonds. The van der Waals surface area contributed by atoms with Gasteiger partial charge in [0, 0.05) is 26.1 Å². The van der Waals surface area contributed by atoms with Gasteiger partial charge in [0.15, 0.2) is 0 Å². The van der Waals surface area contributed by atoms with Gasteiger partial charge in [-0.05, 0) is 25.8 Å². The normalized spacial score (nSPS) is 22.9. The van der Waals surface area contributed by atoms with E-state index >= 15 is 0 Å². The Hall–Kier alpha value is -1.99. The smallest absolute Gasteiger partial charge is 0.407 e. The summed E-state index contributed by atoms with van der Waals surface area (Å²) in [5.74, 6) is -1.63. The summed E-state index contributed by atoms with van der Waals surface area (Å²) in [4.78, 5) is 40.5. The molecule has 7 N–H and O–H groups in total. The van der Waals surface area contributed by atoms with Crippen molar-refractivity contribution in [3.8, 4) is 0 Å². The van der Waals surface area contributed by atoms with Crippen LogP contribution in [0.25, 0.3) is 0 Å². The monoisotopic (exact) mass is 416 g/mol. The first-order valence-electron chi connectivity index (χ1n) is 10.0. The van der Waals surface area contributed by atoms with Gasteiger partial charge >= 0.3 is 12.1 Å². The van der Waals surface area contributed by atoms with Gasteiger partial charge in [0.05, 0.1) is 12.7 Å². The number of carbonyl (C=O) groups excluding carboxylic acids is 2. The van der Waals surface area contributed by atoms with E-state index in [0.717, 1.165) is 32.5 Å². The molecular formula is C17H32N6O6. The molecule has 2 saturated heterocycles. The summed E-state index contributed by atoms with van der Waals surface area (Å²) in [7, 11) is 0. The third-order valence-electron chi connectivity index (χ3n) is 4.57. The Balaban J connectivity index is 1.62. The van der Waals surface area contributed by atoms with Crippen molar-refractivity contribution in [1.29, 1.82) is 0 Å². The molecular weight excluding hydrogens is 384 g/mol. The van der Waals surface area contributed by atoms with Crippen LogP contribution in [0.2, 0.25) is 0 Å². The van der Waals surface area contributed by atoms with Crippen LogP contribution in [0, 0.1) is 0 Å². The molecule has 0 saturated carbocycles. The average molecular weight is 416 g/mol. The lowest BCUT2D eigenvalue weighted by molar-refractivity contribution is -0.139.